The Morgan fingerprint density at radius 1 is 0.848 bits per heavy atom. The Hall–Kier alpha value is -2.80. The van der Waals surface area contributed by atoms with Gasteiger partial charge in [0.1, 0.15) is 6.54 Å². The van der Waals surface area contributed by atoms with Gasteiger partial charge in [-0.15, -0.1) is 0 Å². The molecule has 2 aromatic rings. The van der Waals surface area contributed by atoms with Crippen LogP contribution in [0.15, 0.2) is 41.3 Å². The van der Waals surface area contributed by atoms with Gasteiger partial charge in [0.25, 0.3) is 11.1 Å². The van der Waals surface area contributed by atoms with E-state index in [0.29, 0.717) is 18.0 Å². The summed E-state index contributed by atoms with van der Waals surface area (Å²) in [6.45, 7) is 3.37. The lowest BCUT2D eigenvalue weighted by molar-refractivity contribution is -0.135. The summed E-state index contributed by atoms with van der Waals surface area (Å²) >= 11 is 0.925. The predicted octanol–water partition coefficient (Wildman–Crippen LogP) is 4.88. The fourth-order valence-corrected chi connectivity index (χ4v) is 5.83. The average Bonchev–Trinajstić information content (AvgIpc) is 3.34. The first-order valence-electron chi connectivity index (χ1n) is 11.9. The third-order valence-electron chi connectivity index (χ3n) is 6.79. The van der Waals surface area contributed by atoms with Gasteiger partial charge in [-0.1, -0.05) is 43.2 Å². The first-order chi connectivity index (χ1) is 16.1. The molecule has 0 bridgehead atoms. The highest BCUT2D eigenvalue weighted by atomic mass is 32.2. The number of thioether (sulfide) groups is 1. The van der Waals surface area contributed by atoms with Crippen LogP contribution in [-0.2, 0) is 9.59 Å². The van der Waals surface area contributed by atoms with Crippen LogP contribution in [-0.4, -0.2) is 59.6 Å². The molecule has 0 aromatic heterocycles. The molecule has 3 fully saturated rings. The number of rotatable bonds is 4. The Balaban J connectivity index is 1.38. The molecule has 0 radical (unpaired) electrons. The molecule has 3 amide bonds. The summed E-state index contributed by atoms with van der Waals surface area (Å²) in [5.41, 5.74) is 2.13. The van der Waals surface area contributed by atoms with Gasteiger partial charge in [0.2, 0.25) is 5.91 Å². The monoisotopic (exact) mass is 463 g/mol. The van der Waals surface area contributed by atoms with E-state index in [1.807, 2.05) is 18.2 Å². The van der Waals surface area contributed by atoms with Crippen molar-refractivity contribution in [3.05, 3.63) is 46.9 Å². The zero-order valence-corrected chi connectivity index (χ0v) is 19.6. The fourth-order valence-electron chi connectivity index (χ4n) is 5.00. The van der Waals surface area contributed by atoms with Crippen molar-refractivity contribution in [2.24, 2.45) is 0 Å². The summed E-state index contributed by atoms with van der Waals surface area (Å²) < 4.78 is 0. The van der Waals surface area contributed by atoms with Crippen LogP contribution in [0.2, 0.25) is 0 Å². The maximum Gasteiger partial charge on any atom is 0.294 e. The van der Waals surface area contributed by atoms with Crippen LogP contribution >= 0.6 is 11.8 Å². The molecule has 3 aliphatic heterocycles. The van der Waals surface area contributed by atoms with Crippen LogP contribution in [0.3, 0.4) is 0 Å². The Morgan fingerprint density at radius 3 is 2.24 bits per heavy atom. The number of benzene rings is 2. The molecular weight excluding hydrogens is 434 g/mol. The van der Waals surface area contributed by atoms with Crippen molar-refractivity contribution in [3.8, 4) is 0 Å². The van der Waals surface area contributed by atoms with Gasteiger partial charge in [-0.2, -0.15) is 0 Å². The van der Waals surface area contributed by atoms with E-state index < -0.39 is 0 Å². The van der Waals surface area contributed by atoms with E-state index in [1.54, 1.807) is 11.0 Å². The minimum atomic E-state index is -0.374. The van der Waals surface area contributed by atoms with E-state index in [1.165, 1.54) is 18.5 Å². The van der Waals surface area contributed by atoms with Crippen LogP contribution < -0.4 is 4.90 Å². The van der Waals surface area contributed by atoms with Crippen molar-refractivity contribution < 1.29 is 14.4 Å². The summed E-state index contributed by atoms with van der Waals surface area (Å²) in [6.07, 6.45) is 8.43. The van der Waals surface area contributed by atoms with E-state index in [2.05, 4.69) is 23.1 Å². The molecule has 3 aliphatic rings. The Bertz CT molecular complexity index is 1110. The van der Waals surface area contributed by atoms with Gasteiger partial charge in [0.05, 0.1) is 4.91 Å². The molecule has 0 saturated carbocycles. The number of likely N-dealkylation sites (tertiary alicyclic amines) is 1. The highest BCUT2D eigenvalue weighted by Gasteiger charge is 2.37. The second-order valence-corrected chi connectivity index (χ2v) is 9.97. The zero-order valence-electron chi connectivity index (χ0n) is 18.8. The number of fused-ring (bicyclic) bond motifs is 1. The molecular formula is C26H29N3O3S. The van der Waals surface area contributed by atoms with Gasteiger partial charge in [-0.05, 0) is 60.5 Å². The highest BCUT2D eigenvalue weighted by Crippen LogP contribution is 2.36. The lowest BCUT2D eigenvalue weighted by Gasteiger charge is -2.22. The third-order valence-corrected chi connectivity index (χ3v) is 7.70. The molecule has 172 valence electrons. The van der Waals surface area contributed by atoms with Crippen molar-refractivity contribution in [2.45, 2.75) is 38.5 Å². The number of amides is 3. The van der Waals surface area contributed by atoms with E-state index in [4.69, 9.17) is 0 Å². The van der Waals surface area contributed by atoms with Gasteiger partial charge >= 0.3 is 0 Å². The molecule has 7 heteroatoms. The highest BCUT2D eigenvalue weighted by molar-refractivity contribution is 8.18. The summed E-state index contributed by atoms with van der Waals surface area (Å²) in [5, 5.41) is 1.85. The minimum Gasteiger partial charge on any atom is -0.371 e. The molecule has 5 rings (SSSR count). The van der Waals surface area contributed by atoms with Crippen LogP contribution in [0.5, 0.6) is 0 Å². The topological polar surface area (TPSA) is 60.9 Å². The minimum absolute atomic E-state index is 0.138. The normalized spacial score (nSPS) is 20.8. The van der Waals surface area contributed by atoms with Gasteiger partial charge in [0, 0.05) is 37.3 Å². The molecule has 0 N–H and O–H groups in total. The number of anilines is 1. The smallest absolute Gasteiger partial charge is 0.294 e. The molecule has 0 spiro atoms. The quantitative estimate of drug-likeness (QED) is 0.605. The lowest BCUT2D eigenvalue weighted by Crippen LogP contribution is -2.42. The van der Waals surface area contributed by atoms with Crippen LogP contribution in [0.4, 0.5) is 10.5 Å². The summed E-state index contributed by atoms with van der Waals surface area (Å²) in [5.74, 6) is -0.512. The largest absolute Gasteiger partial charge is 0.371 e. The second-order valence-electron chi connectivity index (χ2n) is 8.98. The predicted molar refractivity (Wildman–Crippen MR) is 133 cm³/mol. The average molecular weight is 464 g/mol. The van der Waals surface area contributed by atoms with E-state index >= 15 is 0 Å². The number of hydrogen-bond donors (Lipinski definition) is 0. The molecule has 0 atom stereocenters. The summed E-state index contributed by atoms with van der Waals surface area (Å²) in [6, 6.07) is 12.4. The van der Waals surface area contributed by atoms with Crippen molar-refractivity contribution in [2.75, 3.05) is 37.6 Å². The maximum absolute atomic E-state index is 13.1. The number of imide groups is 1. The molecule has 0 unspecified atom stereocenters. The van der Waals surface area contributed by atoms with Gasteiger partial charge in [0.15, 0.2) is 0 Å². The number of nitrogens with zero attached hydrogens (tertiary/aromatic N) is 3. The number of carbonyl (C=O) groups excluding carboxylic acids is 3. The van der Waals surface area contributed by atoms with Crippen molar-refractivity contribution >= 4 is 51.4 Å². The standard InChI is InChI=1S/C26H29N3O3S/c30-24(28-15-5-1-2-6-16-28)18-29-25(31)23(33-26(29)32)17-19-11-12-22(27-13-7-8-14-27)21-10-4-3-9-20(19)21/h3-4,9-12,17H,1-2,5-8,13-16,18H2. The first-order valence-corrected chi connectivity index (χ1v) is 12.7. The molecule has 6 nitrogen and oxygen atoms in total. The van der Waals surface area contributed by atoms with Crippen molar-refractivity contribution in [1.29, 1.82) is 0 Å². The summed E-state index contributed by atoms with van der Waals surface area (Å²) in [7, 11) is 0. The van der Waals surface area contributed by atoms with Crippen LogP contribution in [0.25, 0.3) is 16.8 Å². The second kappa shape index (κ2) is 9.59. The maximum atomic E-state index is 13.1. The zero-order chi connectivity index (χ0) is 22.8. The summed E-state index contributed by atoms with van der Waals surface area (Å²) in [4.78, 5) is 44.1. The Labute approximate surface area is 198 Å². The molecule has 2 aromatic carbocycles. The Kier molecular flexibility index (Phi) is 6.40. The third kappa shape index (κ3) is 4.51. The molecule has 33 heavy (non-hydrogen) atoms. The van der Waals surface area contributed by atoms with Crippen LogP contribution in [0, 0.1) is 0 Å². The molecule has 3 heterocycles. The SMILES string of the molecule is O=C(CN1C(=O)SC(=Cc2ccc(N3CCCC3)c3ccccc23)C1=O)N1CCCCCC1. The van der Waals surface area contributed by atoms with Crippen molar-refractivity contribution in [1.82, 2.24) is 9.80 Å². The molecule has 0 aliphatic carbocycles. The van der Waals surface area contributed by atoms with Gasteiger partial charge in [-0.3, -0.25) is 19.3 Å². The number of hydrogen-bond acceptors (Lipinski definition) is 5. The van der Waals surface area contributed by atoms with E-state index in [-0.39, 0.29) is 23.6 Å². The first kappa shape index (κ1) is 22.0. The fraction of sp³-hybridized carbons (Fsp3) is 0.423. The van der Waals surface area contributed by atoms with Crippen LogP contribution in [0.1, 0.15) is 44.1 Å². The van der Waals surface area contributed by atoms with Gasteiger partial charge < -0.3 is 9.80 Å². The van der Waals surface area contributed by atoms with E-state index in [0.717, 1.165) is 71.8 Å². The number of carbonyl (C=O) groups is 3. The lowest BCUT2D eigenvalue weighted by atomic mass is 10.0. The molecule has 3 saturated heterocycles. The van der Waals surface area contributed by atoms with Crippen molar-refractivity contribution in [3.63, 3.8) is 0 Å². The van der Waals surface area contributed by atoms with Gasteiger partial charge in [-0.25, -0.2) is 0 Å². The van der Waals surface area contributed by atoms with E-state index in [9.17, 15) is 14.4 Å². The Morgan fingerprint density at radius 2 is 1.52 bits per heavy atom.